The fraction of sp³-hybridized carbons (Fsp3) is 0.750. The number of hydrogen-bond acceptors (Lipinski definition) is 3. The monoisotopic (exact) mass is 186 g/mol. The number of amides is 3. The molecule has 0 bridgehead atoms. The van der Waals surface area contributed by atoms with E-state index in [2.05, 4.69) is 0 Å². The molecule has 1 atom stereocenters. The molecule has 1 aliphatic heterocycles. The zero-order valence-corrected chi connectivity index (χ0v) is 7.86. The molecule has 5 heteroatoms. The maximum absolute atomic E-state index is 11.4. The highest BCUT2D eigenvalue weighted by Crippen LogP contribution is 2.14. The molecule has 1 N–H and O–H groups in total. The molecule has 5 nitrogen and oxygen atoms in total. The topological polar surface area (TPSA) is 60.9 Å². The number of urea groups is 1. The van der Waals surface area contributed by atoms with Gasteiger partial charge in [-0.25, -0.2) is 9.69 Å². The zero-order chi connectivity index (χ0) is 10.0. The van der Waals surface area contributed by atoms with Crippen LogP contribution in [0.5, 0.6) is 0 Å². The van der Waals surface area contributed by atoms with Gasteiger partial charge in [-0.05, 0) is 13.3 Å². The standard InChI is InChI=1S/C8H14N2O3/c1-3-6(2)9-4-7(12)10(5-11)8(9)13/h6,11H,3-5H2,1-2H3. The number of carbonyl (C=O) groups is 2. The lowest BCUT2D eigenvalue weighted by Gasteiger charge is -2.21. The number of hydrogen-bond donors (Lipinski definition) is 1. The Morgan fingerprint density at radius 1 is 1.54 bits per heavy atom. The molecular weight excluding hydrogens is 172 g/mol. The number of aliphatic hydroxyl groups is 1. The van der Waals surface area contributed by atoms with Crippen LogP contribution in [-0.2, 0) is 4.79 Å². The Morgan fingerprint density at radius 2 is 2.15 bits per heavy atom. The van der Waals surface area contributed by atoms with Crippen molar-refractivity contribution < 1.29 is 14.7 Å². The third kappa shape index (κ3) is 1.65. The van der Waals surface area contributed by atoms with Gasteiger partial charge in [-0.3, -0.25) is 4.79 Å². The predicted octanol–water partition coefficient (Wildman–Crippen LogP) is -0.00110. The molecule has 0 aliphatic carbocycles. The van der Waals surface area contributed by atoms with E-state index >= 15 is 0 Å². The Hall–Kier alpha value is -1.10. The second kappa shape index (κ2) is 3.74. The summed E-state index contributed by atoms with van der Waals surface area (Å²) in [6.07, 6.45) is 0.804. The summed E-state index contributed by atoms with van der Waals surface area (Å²) in [5.41, 5.74) is 0. The molecule has 13 heavy (non-hydrogen) atoms. The number of rotatable bonds is 3. The van der Waals surface area contributed by atoms with Crippen LogP contribution in [0.1, 0.15) is 20.3 Å². The highest BCUT2D eigenvalue weighted by atomic mass is 16.3. The molecule has 1 unspecified atom stereocenters. The van der Waals surface area contributed by atoms with Crippen molar-refractivity contribution >= 4 is 11.9 Å². The molecule has 0 aromatic heterocycles. The lowest BCUT2D eigenvalue weighted by molar-refractivity contribution is -0.127. The second-order valence-electron chi connectivity index (χ2n) is 3.13. The van der Waals surface area contributed by atoms with Gasteiger partial charge in [0, 0.05) is 6.04 Å². The molecule has 0 saturated carbocycles. The number of carbonyl (C=O) groups excluding carboxylic acids is 2. The Balaban J connectivity index is 2.72. The Bertz CT molecular complexity index is 229. The summed E-state index contributed by atoms with van der Waals surface area (Å²) in [5, 5.41) is 8.74. The number of aliphatic hydroxyl groups excluding tert-OH is 1. The second-order valence-corrected chi connectivity index (χ2v) is 3.13. The van der Waals surface area contributed by atoms with Crippen molar-refractivity contribution in [2.75, 3.05) is 13.3 Å². The maximum atomic E-state index is 11.4. The van der Waals surface area contributed by atoms with Gasteiger partial charge in [0.2, 0.25) is 0 Å². The minimum atomic E-state index is -0.523. The third-order valence-electron chi connectivity index (χ3n) is 2.35. The van der Waals surface area contributed by atoms with E-state index < -0.39 is 6.73 Å². The van der Waals surface area contributed by atoms with Crippen molar-refractivity contribution in [1.29, 1.82) is 0 Å². The lowest BCUT2D eigenvalue weighted by Crippen LogP contribution is -2.37. The van der Waals surface area contributed by atoms with Crippen LogP contribution in [0.2, 0.25) is 0 Å². The average Bonchev–Trinajstić information content (AvgIpc) is 2.40. The highest BCUT2D eigenvalue weighted by molar-refractivity contribution is 6.01. The summed E-state index contributed by atoms with van der Waals surface area (Å²) in [5.74, 6) is -0.326. The van der Waals surface area contributed by atoms with Crippen molar-refractivity contribution in [3.63, 3.8) is 0 Å². The van der Waals surface area contributed by atoms with Gasteiger partial charge in [0.25, 0.3) is 5.91 Å². The van der Waals surface area contributed by atoms with Crippen LogP contribution in [0.25, 0.3) is 0 Å². The van der Waals surface area contributed by atoms with Crippen molar-refractivity contribution in [3.8, 4) is 0 Å². The van der Waals surface area contributed by atoms with Gasteiger partial charge in [-0.1, -0.05) is 6.92 Å². The lowest BCUT2D eigenvalue weighted by atomic mass is 10.2. The predicted molar refractivity (Wildman–Crippen MR) is 45.8 cm³/mol. The first kappa shape index (κ1) is 9.98. The van der Waals surface area contributed by atoms with Crippen LogP contribution in [-0.4, -0.2) is 46.2 Å². The van der Waals surface area contributed by atoms with E-state index in [1.807, 2.05) is 13.8 Å². The molecule has 3 amide bonds. The van der Waals surface area contributed by atoms with E-state index in [4.69, 9.17) is 5.11 Å². The summed E-state index contributed by atoms with van der Waals surface area (Å²) in [6.45, 7) is 3.40. The summed E-state index contributed by atoms with van der Waals surface area (Å²) in [6, 6.07) is -0.338. The highest BCUT2D eigenvalue weighted by Gasteiger charge is 2.37. The van der Waals surface area contributed by atoms with Crippen LogP contribution in [0, 0.1) is 0 Å². The van der Waals surface area contributed by atoms with E-state index in [0.717, 1.165) is 11.3 Å². The molecular formula is C8H14N2O3. The first-order valence-electron chi connectivity index (χ1n) is 4.33. The van der Waals surface area contributed by atoms with Crippen molar-refractivity contribution in [2.24, 2.45) is 0 Å². The van der Waals surface area contributed by atoms with Crippen LogP contribution in [0.4, 0.5) is 4.79 Å². The molecule has 1 heterocycles. The molecule has 1 aliphatic rings. The van der Waals surface area contributed by atoms with Crippen LogP contribution >= 0.6 is 0 Å². The van der Waals surface area contributed by atoms with E-state index in [1.54, 1.807) is 0 Å². The zero-order valence-electron chi connectivity index (χ0n) is 7.86. The summed E-state index contributed by atoms with van der Waals surface area (Å²) in [7, 11) is 0. The van der Waals surface area contributed by atoms with Crippen LogP contribution in [0.15, 0.2) is 0 Å². The summed E-state index contributed by atoms with van der Waals surface area (Å²) >= 11 is 0. The van der Waals surface area contributed by atoms with Gasteiger partial charge in [0.15, 0.2) is 0 Å². The van der Waals surface area contributed by atoms with E-state index in [0.29, 0.717) is 0 Å². The summed E-state index contributed by atoms with van der Waals surface area (Å²) < 4.78 is 0. The number of imide groups is 1. The van der Waals surface area contributed by atoms with Crippen LogP contribution in [0.3, 0.4) is 0 Å². The van der Waals surface area contributed by atoms with Gasteiger partial charge < -0.3 is 10.0 Å². The Kier molecular flexibility index (Phi) is 2.87. The Labute approximate surface area is 76.9 Å². The van der Waals surface area contributed by atoms with Crippen LogP contribution < -0.4 is 0 Å². The molecule has 1 rings (SSSR count). The minimum absolute atomic E-state index is 0.0491. The molecule has 74 valence electrons. The average molecular weight is 186 g/mol. The molecule has 0 radical (unpaired) electrons. The first-order valence-corrected chi connectivity index (χ1v) is 4.33. The molecule has 1 fully saturated rings. The maximum Gasteiger partial charge on any atom is 0.329 e. The van der Waals surface area contributed by atoms with Crippen molar-refractivity contribution in [2.45, 2.75) is 26.3 Å². The van der Waals surface area contributed by atoms with E-state index in [-0.39, 0.29) is 24.5 Å². The first-order chi connectivity index (χ1) is 6.11. The van der Waals surface area contributed by atoms with Gasteiger partial charge in [0.1, 0.15) is 13.3 Å². The summed E-state index contributed by atoms with van der Waals surface area (Å²) in [4.78, 5) is 24.9. The van der Waals surface area contributed by atoms with Gasteiger partial charge in [-0.15, -0.1) is 0 Å². The normalized spacial score (nSPS) is 19.9. The van der Waals surface area contributed by atoms with Gasteiger partial charge in [-0.2, -0.15) is 0 Å². The molecule has 0 aromatic carbocycles. The van der Waals surface area contributed by atoms with Gasteiger partial charge >= 0.3 is 6.03 Å². The van der Waals surface area contributed by atoms with E-state index in [1.165, 1.54) is 4.90 Å². The molecule has 1 saturated heterocycles. The Morgan fingerprint density at radius 3 is 2.54 bits per heavy atom. The van der Waals surface area contributed by atoms with Gasteiger partial charge in [0.05, 0.1) is 0 Å². The number of nitrogens with zero attached hydrogens (tertiary/aromatic N) is 2. The minimum Gasteiger partial charge on any atom is -0.376 e. The molecule has 0 aromatic rings. The quantitative estimate of drug-likeness (QED) is 0.631. The fourth-order valence-electron chi connectivity index (χ4n) is 1.26. The van der Waals surface area contributed by atoms with E-state index in [9.17, 15) is 9.59 Å². The SMILES string of the molecule is CCC(C)N1CC(=O)N(CO)C1=O. The van der Waals surface area contributed by atoms with Crippen molar-refractivity contribution in [3.05, 3.63) is 0 Å². The smallest absolute Gasteiger partial charge is 0.329 e. The third-order valence-corrected chi connectivity index (χ3v) is 2.35. The van der Waals surface area contributed by atoms with Crippen molar-refractivity contribution in [1.82, 2.24) is 9.80 Å². The largest absolute Gasteiger partial charge is 0.376 e. The fourth-order valence-corrected chi connectivity index (χ4v) is 1.26. The molecule has 0 spiro atoms.